The molecule has 0 aliphatic heterocycles. The van der Waals surface area contributed by atoms with Crippen LogP contribution in [0.25, 0.3) is 0 Å². The Bertz CT molecular complexity index is 650. The van der Waals surface area contributed by atoms with Crippen molar-refractivity contribution in [3.63, 3.8) is 0 Å². The van der Waals surface area contributed by atoms with Gasteiger partial charge in [0.25, 0.3) is 0 Å². The number of halogens is 1. The lowest BCUT2D eigenvalue weighted by Crippen LogP contribution is -1.96. The van der Waals surface area contributed by atoms with Crippen LogP contribution in [0, 0.1) is 17.1 Å². The Balaban J connectivity index is 2.29. The van der Waals surface area contributed by atoms with Gasteiger partial charge in [-0.25, -0.2) is 4.39 Å². The maximum Gasteiger partial charge on any atom is 0.165 e. The van der Waals surface area contributed by atoms with Gasteiger partial charge >= 0.3 is 0 Å². The molecule has 0 heterocycles. The van der Waals surface area contributed by atoms with Crippen molar-refractivity contribution in [3.05, 3.63) is 47.8 Å². The molecule has 0 aliphatic rings. The third-order valence-electron chi connectivity index (χ3n) is 2.61. The molecule has 0 unspecified atom stereocenters. The molecule has 3 N–H and O–H groups in total. The zero-order valence-electron chi connectivity index (χ0n) is 10.3. The Hall–Kier alpha value is -2.74. The molecular weight excluding hydrogens is 245 g/mol. The third kappa shape index (κ3) is 2.75. The van der Waals surface area contributed by atoms with Crippen molar-refractivity contribution in [2.45, 2.75) is 0 Å². The minimum absolute atomic E-state index is 0.154. The van der Waals surface area contributed by atoms with E-state index < -0.39 is 5.82 Å². The number of rotatable bonds is 3. The molecule has 0 aliphatic carbocycles. The SMILES string of the molecule is COc1cc(Nc2ccc(N)c(C#N)c2)ccc1F. The highest BCUT2D eigenvalue weighted by molar-refractivity contribution is 5.67. The normalized spacial score (nSPS) is 9.74. The summed E-state index contributed by atoms with van der Waals surface area (Å²) in [4.78, 5) is 0. The molecule has 4 nitrogen and oxygen atoms in total. The molecule has 19 heavy (non-hydrogen) atoms. The van der Waals surface area contributed by atoms with Crippen molar-refractivity contribution in [1.82, 2.24) is 0 Å². The van der Waals surface area contributed by atoms with E-state index in [0.717, 1.165) is 0 Å². The highest BCUT2D eigenvalue weighted by Crippen LogP contribution is 2.25. The number of benzene rings is 2. The van der Waals surface area contributed by atoms with Gasteiger partial charge in [0.1, 0.15) is 6.07 Å². The summed E-state index contributed by atoms with van der Waals surface area (Å²) < 4.78 is 18.2. The number of hydrogen-bond donors (Lipinski definition) is 2. The fourth-order valence-electron chi connectivity index (χ4n) is 1.64. The van der Waals surface area contributed by atoms with Crippen molar-refractivity contribution in [1.29, 1.82) is 5.26 Å². The van der Waals surface area contributed by atoms with Crippen LogP contribution in [-0.2, 0) is 0 Å². The van der Waals surface area contributed by atoms with Crippen LogP contribution in [0.1, 0.15) is 5.56 Å². The van der Waals surface area contributed by atoms with E-state index in [4.69, 9.17) is 15.7 Å². The maximum absolute atomic E-state index is 13.3. The molecule has 0 saturated carbocycles. The first-order chi connectivity index (χ1) is 9.13. The van der Waals surface area contributed by atoms with Crippen molar-refractivity contribution < 1.29 is 9.13 Å². The molecule has 2 aromatic rings. The van der Waals surface area contributed by atoms with Gasteiger partial charge in [-0.2, -0.15) is 5.26 Å². The molecule has 2 aromatic carbocycles. The summed E-state index contributed by atoms with van der Waals surface area (Å²) in [5, 5.41) is 12.0. The number of nitriles is 1. The van der Waals surface area contributed by atoms with E-state index in [1.807, 2.05) is 6.07 Å². The van der Waals surface area contributed by atoms with Crippen LogP contribution < -0.4 is 15.8 Å². The van der Waals surface area contributed by atoms with E-state index in [0.29, 0.717) is 22.6 Å². The van der Waals surface area contributed by atoms with Gasteiger partial charge in [0.2, 0.25) is 0 Å². The summed E-state index contributed by atoms with van der Waals surface area (Å²) in [7, 11) is 1.40. The van der Waals surface area contributed by atoms with E-state index >= 15 is 0 Å². The van der Waals surface area contributed by atoms with Crippen molar-refractivity contribution in [2.24, 2.45) is 0 Å². The van der Waals surface area contributed by atoms with Crippen LogP contribution in [0.15, 0.2) is 36.4 Å². The summed E-state index contributed by atoms with van der Waals surface area (Å²) in [5.41, 5.74) is 7.80. The average molecular weight is 257 g/mol. The van der Waals surface area contributed by atoms with Gasteiger partial charge in [0, 0.05) is 23.1 Å². The Morgan fingerprint density at radius 3 is 2.58 bits per heavy atom. The summed E-state index contributed by atoms with van der Waals surface area (Å²) in [5.74, 6) is -0.274. The molecule has 0 radical (unpaired) electrons. The molecular formula is C14H12FN3O. The first-order valence-electron chi connectivity index (χ1n) is 5.54. The van der Waals surface area contributed by atoms with Gasteiger partial charge in [-0.3, -0.25) is 0 Å². The Morgan fingerprint density at radius 2 is 1.89 bits per heavy atom. The fraction of sp³-hybridized carbons (Fsp3) is 0.0714. The molecule has 0 saturated heterocycles. The van der Waals surface area contributed by atoms with Gasteiger partial charge in [0.05, 0.1) is 12.7 Å². The highest BCUT2D eigenvalue weighted by Gasteiger charge is 2.05. The van der Waals surface area contributed by atoms with E-state index in [1.165, 1.54) is 19.2 Å². The third-order valence-corrected chi connectivity index (χ3v) is 2.61. The molecule has 0 fully saturated rings. The molecule has 0 atom stereocenters. The van der Waals surface area contributed by atoms with Crippen molar-refractivity contribution >= 4 is 17.1 Å². The second kappa shape index (κ2) is 5.27. The predicted octanol–water partition coefficient (Wildman–Crippen LogP) is 3.03. The summed E-state index contributed by atoms with van der Waals surface area (Å²) in [6, 6.07) is 11.4. The average Bonchev–Trinajstić information content (AvgIpc) is 2.43. The molecule has 5 heteroatoms. The van der Waals surface area contributed by atoms with Crippen LogP contribution in [0.3, 0.4) is 0 Å². The summed E-state index contributed by atoms with van der Waals surface area (Å²) >= 11 is 0. The van der Waals surface area contributed by atoms with Gasteiger partial charge in [-0.15, -0.1) is 0 Å². The number of nitrogens with one attached hydrogen (secondary N) is 1. The monoisotopic (exact) mass is 257 g/mol. The van der Waals surface area contributed by atoms with Gasteiger partial charge in [-0.1, -0.05) is 0 Å². The second-order valence-corrected chi connectivity index (χ2v) is 3.89. The lowest BCUT2D eigenvalue weighted by Gasteiger charge is -2.09. The summed E-state index contributed by atoms with van der Waals surface area (Å²) in [6.07, 6.45) is 0. The summed E-state index contributed by atoms with van der Waals surface area (Å²) in [6.45, 7) is 0. The number of methoxy groups -OCH3 is 1. The van der Waals surface area contributed by atoms with Crippen molar-refractivity contribution in [2.75, 3.05) is 18.2 Å². The fourth-order valence-corrected chi connectivity index (χ4v) is 1.64. The maximum atomic E-state index is 13.3. The zero-order valence-corrected chi connectivity index (χ0v) is 10.3. The minimum atomic E-state index is -0.428. The zero-order chi connectivity index (χ0) is 13.8. The van der Waals surface area contributed by atoms with Crippen LogP contribution in [-0.4, -0.2) is 7.11 Å². The number of ether oxygens (including phenoxy) is 1. The quantitative estimate of drug-likeness (QED) is 0.829. The molecule has 0 spiro atoms. The molecule has 0 amide bonds. The highest BCUT2D eigenvalue weighted by atomic mass is 19.1. The lowest BCUT2D eigenvalue weighted by atomic mass is 10.1. The molecule has 2 rings (SSSR count). The lowest BCUT2D eigenvalue weighted by molar-refractivity contribution is 0.387. The van der Waals surface area contributed by atoms with Crippen molar-refractivity contribution in [3.8, 4) is 11.8 Å². The van der Waals surface area contributed by atoms with Crippen LogP contribution in [0.4, 0.5) is 21.5 Å². The Labute approximate surface area is 110 Å². The van der Waals surface area contributed by atoms with Crippen LogP contribution >= 0.6 is 0 Å². The van der Waals surface area contributed by atoms with Gasteiger partial charge in [0.15, 0.2) is 11.6 Å². The standard InChI is InChI=1S/C14H12FN3O/c1-19-14-7-11(2-4-12(14)15)18-10-3-5-13(17)9(6-10)8-16/h2-7,18H,17H2,1H3. The van der Waals surface area contributed by atoms with Gasteiger partial charge in [-0.05, 0) is 30.3 Å². The number of hydrogen-bond acceptors (Lipinski definition) is 4. The first-order valence-corrected chi connectivity index (χ1v) is 5.54. The molecule has 96 valence electrons. The number of nitrogens with zero attached hydrogens (tertiary/aromatic N) is 1. The smallest absolute Gasteiger partial charge is 0.165 e. The van der Waals surface area contributed by atoms with Gasteiger partial charge < -0.3 is 15.8 Å². The van der Waals surface area contributed by atoms with Crippen LogP contribution in [0.5, 0.6) is 5.75 Å². The largest absolute Gasteiger partial charge is 0.494 e. The predicted molar refractivity (Wildman–Crippen MR) is 71.8 cm³/mol. The van der Waals surface area contributed by atoms with E-state index in [2.05, 4.69) is 5.32 Å². The topological polar surface area (TPSA) is 71.1 Å². The molecule has 0 aromatic heterocycles. The minimum Gasteiger partial charge on any atom is -0.494 e. The van der Waals surface area contributed by atoms with E-state index in [1.54, 1.807) is 24.3 Å². The Kier molecular flexibility index (Phi) is 3.53. The second-order valence-electron chi connectivity index (χ2n) is 3.89. The number of nitrogen functional groups attached to an aromatic ring is 1. The molecule has 0 bridgehead atoms. The number of nitrogens with two attached hydrogens (primary N) is 1. The van der Waals surface area contributed by atoms with E-state index in [9.17, 15) is 4.39 Å². The van der Waals surface area contributed by atoms with E-state index in [-0.39, 0.29) is 5.75 Å². The Morgan fingerprint density at radius 1 is 1.21 bits per heavy atom. The first kappa shape index (κ1) is 12.7. The number of anilines is 3. The van der Waals surface area contributed by atoms with Crippen LogP contribution in [0.2, 0.25) is 0 Å².